The molecule has 6 heteroatoms. The zero-order valence-electron chi connectivity index (χ0n) is 26.6. The Morgan fingerprint density at radius 1 is 0.592 bits per heavy atom. The smallest absolute Gasteiger partial charge is 0.330 e. The molecular formula is C43H31NO3S2. The number of ether oxygens (including phenoxy) is 1. The summed E-state index contributed by atoms with van der Waals surface area (Å²) in [6, 6.07) is 46.4. The number of hydrogen-bond acceptors (Lipinski definition) is 5. The topological polar surface area (TPSA) is 46.6 Å². The summed E-state index contributed by atoms with van der Waals surface area (Å²) in [4.78, 5) is 27.2. The van der Waals surface area contributed by atoms with Crippen LogP contribution in [0.25, 0.3) is 62.6 Å². The number of amides is 1. The van der Waals surface area contributed by atoms with Crippen LogP contribution >= 0.6 is 22.7 Å². The second kappa shape index (κ2) is 13.2. The Morgan fingerprint density at radius 2 is 1.06 bits per heavy atom. The third-order valence-electron chi connectivity index (χ3n) is 8.88. The van der Waals surface area contributed by atoms with Gasteiger partial charge in [0.1, 0.15) is 0 Å². The fourth-order valence-electron chi connectivity index (χ4n) is 6.53. The lowest BCUT2D eigenvalue weighted by Gasteiger charge is -2.24. The monoisotopic (exact) mass is 673 g/mol. The minimum absolute atomic E-state index is 0.0756. The van der Waals surface area contributed by atoms with E-state index in [0.29, 0.717) is 6.42 Å². The highest BCUT2D eigenvalue weighted by molar-refractivity contribution is 7.26. The highest BCUT2D eigenvalue weighted by atomic mass is 32.1. The summed E-state index contributed by atoms with van der Waals surface area (Å²) >= 11 is 3.61. The van der Waals surface area contributed by atoms with Gasteiger partial charge < -0.3 is 4.74 Å². The van der Waals surface area contributed by atoms with Gasteiger partial charge in [0.25, 0.3) is 0 Å². The van der Waals surface area contributed by atoms with Gasteiger partial charge in [-0.3, -0.25) is 9.69 Å². The molecule has 0 bridgehead atoms. The first-order valence-electron chi connectivity index (χ1n) is 16.2. The van der Waals surface area contributed by atoms with E-state index < -0.39 is 5.97 Å². The van der Waals surface area contributed by atoms with Gasteiger partial charge in [-0.05, 0) is 65.1 Å². The van der Waals surface area contributed by atoms with Gasteiger partial charge in [0, 0.05) is 64.2 Å². The van der Waals surface area contributed by atoms with E-state index in [4.69, 9.17) is 4.74 Å². The molecule has 0 aliphatic rings. The average molecular weight is 674 g/mol. The van der Waals surface area contributed by atoms with Gasteiger partial charge in [0.2, 0.25) is 5.91 Å². The molecule has 0 fully saturated rings. The van der Waals surface area contributed by atoms with E-state index in [1.165, 1.54) is 51.5 Å². The first-order chi connectivity index (χ1) is 24.1. The quantitative estimate of drug-likeness (QED) is 0.0870. The Labute approximate surface area is 292 Å². The molecular weight excluding hydrogens is 643 g/mol. The summed E-state index contributed by atoms with van der Waals surface area (Å²) in [6.45, 7) is 3.60. The van der Waals surface area contributed by atoms with Gasteiger partial charge in [0.15, 0.2) is 0 Å². The van der Waals surface area contributed by atoms with E-state index in [-0.39, 0.29) is 18.9 Å². The molecule has 0 N–H and O–H groups in total. The van der Waals surface area contributed by atoms with Crippen molar-refractivity contribution in [3.8, 4) is 22.3 Å². The Hall–Kier alpha value is -5.56. The molecule has 0 spiro atoms. The third kappa shape index (κ3) is 5.79. The number of esters is 1. The second-order valence-electron chi connectivity index (χ2n) is 11.9. The van der Waals surface area contributed by atoms with Crippen LogP contribution < -0.4 is 4.90 Å². The number of thiophene rings is 2. The van der Waals surface area contributed by atoms with Crippen molar-refractivity contribution in [1.29, 1.82) is 0 Å². The van der Waals surface area contributed by atoms with Crippen molar-refractivity contribution in [1.82, 2.24) is 0 Å². The fraction of sp³-hybridized carbons (Fsp3) is 0.0698. The van der Waals surface area contributed by atoms with Crippen molar-refractivity contribution in [2.24, 2.45) is 0 Å². The van der Waals surface area contributed by atoms with Crippen LogP contribution in [0.3, 0.4) is 0 Å². The van der Waals surface area contributed by atoms with Crippen LogP contribution in [0.4, 0.5) is 11.4 Å². The zero-order valence-corrected chi connectivity index (χ0v) is 28.2. The molecule has 0 aliphatic carbocycles. The third-order valence-corrected chi connectivity index (χ3v) is 11.3. The summed E-state index contributed by atoms with van der Waals surface area (Å²) < 4.78 is 10.2. The molecule has 49 heavy (non-hydrogen) atoms. The summed E-state index contributed by atoms with van der Waals surface area (Å²) in [5.74, 6) is -0.564. The standard InChI is InChI=1S/C43H31NO3S2/c1-2-41(46)47-27-9-18-40(45)44(30-23-19-28(20-24-30)32-12-7-14-36-34-10-3-5-16-38(34)48-42(32)36)31-25-21-29(22-26-31)33-13-8-15-37-35-11-4-6-17-39(35)49-43(33)37/h2-8,10-17,19-26H,1,9,18,27H2. The van der Waals surface area contributed by atoms with Crippen molar-refractivity contribution in [2.75, 3.05) is 11.5 Å². The molecule has 0 saturated carbocycles. The fourth-order valence-corrected chi connectivity index (χ4v) is 9.01. The minimum Gasteiger partial charge on any atom is -0.463 e. The van der Waals surface area contributed by atoms with Crippen LogP contribution in [-0.4, -0.2) is 18.5 Å². The maximum Gasteiger partial charge on any atom is 0.330 e. The van der Waals surface area contributed by atoms with E-state index in [0.717, 1.165) is 28.6 Å². The molecule has 2 heterocycles. The molecule has 4 nitrogen and oxygen atoms in total. The van der Waals surface area contributed by atoms with Crippen LogP contribution in [0.1, 0.15) is 12.8 Å². The predicted octanol–water partition coefficient (Wildman–Crippen LogP) is 11.9. The first-order valence-corrected chi connectivity index (χ1v) is 17.9. The molecule has 0 radical (unpaired) electrons. The van der Waals surface area contributed by atoms with E-state index in [2.05, 4.69) is 116 Å². The number of nitrogens with zero attached hydrogens (tertiary/aromatic N) is 1. The van der Waals surface area contributed by atoms with E-state index >= 15 is 0 Å². The summed E-state index contributed by atoms with van der Waals surface area (Å²) in [5.41, 5.74) is 6.09. The number of fused-ring (bicyclic) bond motifs is 6. The lowest BCUT2D eigenvalue weighted by atomic mass is 10.0. The van der Waals surface area contributed by atoms with Crippen LogP contribution in [-0.2, 0) is 14.3 Å². The van der Waals surface area contributed by atoms with Gasteiger partial charge >= 0.3 is 5.97 Å². The molecule has 238 valence electrons. The lowest BCUT2D eigenvalue weighted by molar-refractivity contribution is -0.138. The Kier molecular flexibility index (Phi) is 8.25. The molecule has 1 amide bonds. The molecule has 0 atom stereocenters. The molecule has 6 aromatic carbocycles. The van der Waals surface area contributed by atoms with E-state index in [1.54, 1.807) is 27.6 Å². The van der Waals surface area contributed by atoms with E-state index in [1.807, 2.05) is 24.3 Å². The number of rotatable bonds is 9. The Balaban J connectivity index is 1.13. The normalized spacial score (nSPS) is 11.3. The number of hydrogen-bond donors (Lipinski definition) is 0. The number of carbonyl (C=O) groups is 2. The molecule has 8 aromatic rings. The van der Waals surface area contributed by atoms with Gasteiger partial charge in [-0.15, -0.1) is 22.7 Å². The van der Waals surface area contributed by atoms with Crippen molar-refractivity contribution in [2.45, 2.75) is 12.8 Å². The molecule has 2 aromatic heterocycles. The lowest BCUT2D eigenvalue weighted by Crippen LogP contribution is -2.26. The predicted molar refractivity (Wildman–Crippen MR) is 207 cm³/mol. The van der Waals surface area contributed by atoms with Gasteiger partial charge in [-0.25, -0.2) is 4.79 Å². The number of carbonyl (C=O) groups excluding carboxylic acids is 2. The van der Waals surface area contributed by atoms with Crippen molar-refractivity contribution >= 4 is 86.3 Å². The number of benzene rings is 6. The molecule has 0 unspecified atom stereocenters. The zero-order chi connectivity index (χ0) is 33.3. The SMILES string of the molecule is C=CC(=O)OCCCC(=O)N(c1ccc(-c2cccc3c2sc2ccccc23)cc1)c1ccc(-c2cccc3c2sc2ccccc23)cc1. The van der Waals surface area contributed by atoms with Crippen molar-refractivity contribution in [3.63, 3.8) is 0 Å². The highest BCUT2D eigenvalue weighted by Gasteiger charge is 2.20. The van der Waals surface area contributed by atoms with Gasteiger partial charge in [-0.2, -0.15) is 0 Å². The number of anilines is 2. The largest absolute Gasteiger partial charge is 0.463 e. The van der Waals surface area contributed by atoms with Crippen molar-refractivity contribution in [3.05, 3.63) is 146 Å². The summed E-state index contributed by atoms with van der Waals surface area (Å²) in [6.07, 6.45) is 1.76. The Bertz CT molecular complexity index is 2350. The molecule has 0 aliphatic heterocycles. The maximum absolute atomic E-state index is 13.9. The first kappa shape index (κ1) is 30.8. The van der Waals surface area contributed by atoms with Gasteiger partial charge in [0.05, 0.1) is 6.61 Å². The van der Waals surface area contributed by atoms with Crippen LogP contribution in [0.15, 0.2) is 146 Å². The van der Waals surface area contributed by atoms with Crippen LogP contribution in [0.5, 0.6) is 0 Å². The van der Waals surface area contributed by atoms with Gasteiger partial charge in [-0.1, -0.05) is 104 Å². The molecule has 0 saturated heterocycles. The summed E-state index contributed by atoms with van der Waals surface area (Å²) in [7, 11) is 0. The minimum atomic E-state index is -0.488. The highest BCUT2D eigenvalue weighted by Crippen LogP contribution is 2.42. The Morgan fingerprint density at radius 3 is 1.55 bits per heavy atom. The summed E-state index contributed by atoms with van der Waals surface area (Å²) in [5, 5.41) is 5.04. The second-order valence-corrected chi connectivity index (χ2v) is 14.0. The van der Waals surface area contributed by atoms with Crippen molar-refractivity contribution < 1.29 is 14.3 Å². The molecule has 8 rings (SSSR count). The average Bonchev–Trinajstić information content (AvgIpc) is 3.73. The van der Waals surface area contributed by atoms with E-state index in [9.17, 15) is 9.59 Å². The van der Waals surface area contributed by atoms with Crippen LogP contribution in [0, 0.1) is 0 Å². The van der Waals surface area contributed by atoms with Crippen LogP contribution in [0.2, 0.25) is 0 Å². The maximum atomic E-state index is 13.9.